The van der Waals surface area contributed by atoms with Crippen LogP contribution in [0, 0.1) is 10.1 Å². The minimum atomic E-state index is -0.640. The Hall–Kier alpha value is -2.67. The van der Waals surface area contributed by atoms with Gasteiger partial charge in [0.2, 0.25) is 0 Å². The van der Waals surface area contributed by atoms with Crippen molar-refractivity contribution in [2.45, 2.75) is 6.54 Å². The van der Waals surface area contributed by atoms with Gasteiger partial charge < -0.3 is 14.2 Å². The molecule has 0 aliphatic carbocycles. The van der Waals surface area contributed by atoms with Crippen molar-refractivity contribution in [3.8, 4) is 0 Å². The van der Waals surface area contributed by atoms with Crippen molar-refractivity contribution in [2.24, 2.45) is 0 Å². The van der Waals surface area contributed by atoms with Gasteiger partial charge in [0.15, 0.2) is 5.76 Å². The number of hydrogen-bond donors (Lipinski definition) is 1. The number of nitro groups is 1. The summed E-state index contributed by atoms with van der Waals surface area (Å²) in [6.07, 6.45) is 0. The lowest BCUT2D eigenvalue weighted by Crippen LogP contribution is -3.13. The van der Waals surface area contributed by atoms with Crippen molar-refractivity contribution >= 4 is 11.8 Å². The van der Waals surface area contributed by atoms with E-state index in [0.717, 1.165) is 19.6 Å². The molecule has 7 nitrogen and oxygen atoms in total. The number of carbonyl (C=O) groups is 1. The summed E-state index contributed by atoms with van der Waals surface area (Å²) in [6.45, 7) is 3.88. The molecule has 1 aliphatic heterocycles. The van der Waals surface area contributed by atoms with Gasteiger partial charge in [0.1, 0.15) is 11.5 Å². The topological polar surface area (TPSA) is 81.0 Å². The second-order valence-corrected chi connectivity index (χ2v) is 5.60. The highest BCUT2D eigenvalue weighted by Gasteiger charge is 2.27. The van der Waals surface area contributed by atoms with Crippen LogP contribution in [0.15, 0.2) is 46.9 Å². The highest BCUT2D eigenvalue weighted by molar-refractivity contribution is 5.91. The van der Waals surface area contributed by atoms with Gasteiger partial charge in [0, 0.05) is 5.56 Å². The van der Waals surface area contributed by atoms with Crippen LogP contribution in [0.3, 0.4) is 0 Å². The average molecular weight is 316 g/mol. The van der Waals surface area contributed by atoms with Crippen molar-refractivity contribution in [2.75, 3.05) is 26.2 Å². The van der Waals surface area contributed by atoms with Crippen molar-refractivity contribution in [3.05, 3.63) is 63.9 Å². The number of benzene rings is 1. The molecule has 7 heteroatoms. The van der Waals surface area contributed by atoms with Gasteiger partial charge in [-0.15, -0.1) is 0 Å². The number of hydrogen-bond acceptors (Lipinski definition) is 4. The van der Waals surface area contributed by atoms with Crippen LogP contribution in [0.2, 0.25) is 0 Å². The van der Waals surface area contributed by atoms with Crippen molar-refractivity contribution in [1.82, 2.24) is 4.90 Å². The van der Waals surface area contributed by atoms with Gasteiger partial charge in [0.05, 0.1) is 32.2 Å². The summed E-state index contributed by atoms with van der Waals surface area (Å²) in [7, 11) is 0. The summed E-state index contributed by atoms with van der Waals surface area (Å²) in [4.78, 5) is 25.4. The first kappa shape index (κ1) is 15.2. The zero-order valence-electron chi connectivity index (χ0n) is 12.6. The molecule has 1 saturated heterocycles. The molecule has 0 radical (unpaired) electrons. The van der Waals surface area contributed by atoms with Crippen LogP contribution < -0.4 is 4.90 Å². The largest absolute Gasteiger partial charge is 0.433 e. The van der Waals surface area contributed by atoms with E-state index in [1.807, 2.05) is 18.2 Å². The molecule has 1 aromatic heterocycles. The number of piperazine rings is 1. The van der Waals surface area contributed by atoms with Gasteiger partial charge >= 0.3 is 5.88 Å². The lowest BCUT2D eigenvalue weighted by molar-refractivity contribution is -0.917. The molecule has 2 aromatic rings. The van der Waals surface area contributed by atoms with Gasteiger partial charge in [-0.1, -0.05) is 30.3 Å². The van der Waals surface area contributed by atoms with Gasteiger partial charge in [-0.2, -0.15) is 0 Å². The number of quaternary nitrogens is 1. The molecule has 1 aromatic carbocycles. The normalized spacial score (nSPS) is 15.6. The van der Waals surface area contributed by atoms with E-state index >= 15 is 0 Å². The van der Waals surface area contributed by atoms with E-state index in [4.69, 9.17) is 4.42 Å². The molecule has 0 bridgehead atoms. The maximum Gasteiger partial charge on any atom is 0.433 e. The maximum absolute atomic E-state index is 12.3. The SMILES string of the molecule is O=C(c1ccc([N+](=O)[O-])o1)N1CC[NH+](Cc2ccccc2)CC1. The summed E-state index contributed by atoms with van der Waals surface area (Å²) < 4.78 is 4.99. The van der Waals surface area contributed by atoms with E-state index in [-0.39, 0.29) is 11.7 Å². The predicted molar refractivity (Wildman–Crippen MR) is 82.1 cm³/mol. The van der Waals surface area contributed by atoms with E-state index in [1.54, 1.807) is 4.90 Å². The highest BCUT2D eigenvalue weighted by Crippen LogP contribution is 2.17. The molecule has 2 heterocycles. The molecule has 0 spiro atoms. The summed E-state index contributed by atoms with van der Waals surface area (Å²) in [5.41, 5.74) is 1.28. The van der Waals surface area contributed by atoms with E-state index in [1.165, 1.54) is 22.6 Å². The quantitative estimate of drug-likeness (QED) is 0.666. The van der Waals surface area contributed by atoms with Crippen LogP contribution in [-0.2, 0) is 6.54 Å². The second kappa shape index (κ2) is 6.62. The lowest BCUT2D eigenvalue weighted by atomic mass is 10.2. The molecule has 3 rings (SSSR count). The summed E-state index contributed by atoms with van der Waals surface area (Å²) in [6, 6.07) is 12.8. The Bertz CT molecular complexity index is 690. The Kier molecular flexibility index (Phi) is 4.38. The number of carbonyl (C=O) groups excluding carboxylic acids is 1. The first-order chi connectivity index (χ1) is 11.1. The number of rotatable bonds is 4. The first-order valence-electron chi connectivity index (χ1n) is 7.54. The van der Waals surface area contributed by atoms with Crippen LogP contribution in [0.5, 0.6) is 0 Å². The Balaban J connectivity index is 1.55. The van der Waals surface area contributed by atoms with Crippen LogP contribution in [0.25, 0.3) is 0 Å². The predicted octanol–water partition coefficient (Wildman–Crippen LogP) is 0.729. The smallest absolute Gasteiger partial charge is 0.395 e. The Morgan fingerprint density at radius 1 is 1.17 bits per heavy atom. The van der Waals surface area contributed by atoms with E-state index in [9.17, 15) is 14.9 Å². The zero-order chi connectivity index (χ0) is 16.2. The monoisotopic (exact) mass is 316 g/mol. The summed E-state index contributed by atoms with van der Waals surface area (Å²) >= 11 is 0. The molecule has 1 fully saturated rings. The van der Waals surface area contributed by atoms with Crippen LogP contribution in [0.4, 0.5) is 5.88 Å². The van der Waals surface area contributed by atoms with Crippen LogP contribution in [-0.4, -0.2) is 41.9 Å². The first-order valence-corrected chi connectivity index (χ1v) is 7.54. The Morgan fingerprint density at radius 3 is 2.48 bits per heavy atom. The number of nitrogens with one attached hydrogen (secondary N) is 1. The van der Waals surface area contributed by atoms with Crippen molar-refractivity contribution < 1.29 is 19.0 Å². The molecular formula is C16H18N3O4+. The fourth-order valence-corrected chi connectivity index (χ4v) is 2.78. The van der Waals surface area contributed by atoms with E-state index in [0.29, 0.717) is 13.1 Å². The molecule has 1 N–H and O–H groups in total. The Labute approximate surface area is 133 Å². The third kappa shape index (κ3) is 3.57. The molecule has 120 valence electrons. The zero-order valence-corrected chi connectivity index (χ0v) is 12.6. The Morgan fingerprint density at radius 2 is 1.87 bits per heavy atom. The minimum Gasteiger partial charge on any atom is -0.395 e. The third-order valence-electron chi connectivity index (χ3n) is 4.04. The number of nitrogens with zero attached hydrogens (tertiary/aromatic N) is 2. The van der Waals surface area contributed by atoms with E-state index in [2.05, 4.69) is 12.1 Å². The molecule has 0 atom stereocenters. The number of amides is 1. The van der Waals surface area contributed by atoms with Gasteiger partial charge in [-0.3, -0.25) is 14.9 Å². The average Bonchev–Trinajstić information content (AvgIpc) is 3.06. The van der Waals surface area contributed by atoms with Crippen LogP contribution in [0.1, 0.15) is 16.1 Å². The molecule has 0 unspecified atom stereocenters. The second-order valence-electron chi connectivity index (χ2n) is 5.60. The van der Waals surface area contributed by atoms with Gasteiger partial charge in [0.25, 0.3) is 5.91 Å². The molecule has 23 heavy (non-hydrogen) atoms. The standard InChI is InChI=1S/C16H17N3O4/c20-16(14-6-7-15(23-14)19(21)22)18-10-8-17(9-11-18)12-13-4-2-1-3-5-13/h1-7H,8-12H2/p+1. The fourth-order valence-electron chi connectivity index (χ4n) is 2.78. The van der Waals surface area contributed by atoms with Crippen molar-refractivity contribution in [3.63, 3.8) is 0 Å². The molecular weight excluding hydrogens is 298 g/mol. The van der Waals surface area contributed by atoms with E-state index < -0.39 is 10.8 Å². The summed E-state index contributed by atoms with van der Waals surface area (Å²) in [5, 5.41) is 10.6. The fraction of sp³-hybridized carbons (Fsp3) is 0.312. The molecule has 0 saturated carbocycles. The lowest BCUT2D eigenvalue weighted by Gasteiger charge is -2.31. The van der Waals surface area contributed by atoms with Crippen molar-refractivity contribution in [1.29, 1.82) is 0 Å². The molecule has 1 amide bonds. The summed E-state index contributed by atoms with van der Waals surface area (Å²) in [5.74, 6) is -0.651. The molecule has 1 aliphatic rings. The van der Waals surface area contributed by atoms with Gasteiger partial charge in [-0.25, -0.2) is 0 Å². The highest BCUT2D eigenvalue weighted by atomic mass is 16.6. The third-order valence-corrected chi connectivity index (χ3v) is 4.04. The maximum atomic E-state index is 12.3. The minimum absolute atomic E-state index is 0.0307. The van der Waals surface area contributed by atoms with Gasteiger partial charge in [-0.05, 0) is 6.07 Å². The number of furan rings is 1. The van der Waals surface area contributed by atoms with Crippen LogP contribution >= 0.6 is 0 Å².